The largest absolute Gasteiger partial charge is 0.481 e. The molecule has 6 nitrogen and oxygen atoms in total. The van der Waals surface area contributed by atoms with Gasteiger partial charge in [-0.1, -0.05) is 6.92 Å². The van der Waals surface area contributed by atoms with E-state index in [1.54, 1.807) is 0 Å². The molecule has 3 N–H and O–H groups in total. The molecule has 134 valence electrons. The summed E-state index contributed by atoms with van der Waals surface area (Å²) in [5.41, 5.74) is 0.174. The molecule has 4 fully saturated rings. The molecular weight excluding hydrogens is 308 g/mol. The number of carboxylic acid groups (broad SMARTS) is 1. The number of carbonyl (C=O) groups excluding carboxylic acids is 2. The van der Waals surface area contributed by atoms with Gasteiger partial charge in [-0.25, -0.2) is 0 Å². The first-order chi connectivity index (χ1) is 11.3. The van der Waals surface area contributed by atoms with Gasteiger partial charge in [-0.2, -0.15) is 0 Å². The summed E-state index contributed by atoms with van der Waals surface area (Å²) >= 11 is 0. The van der Waals surface area contributed by atoms with Crippen molar-refractivity contribution in [3.63, 3.8) is 0 Å². The molecule has 24 heavy (non-hydrogen) atoms. The summed E-state index contributed by atoms with van der Waals surface area (Å²) in [4.78, 5) is 34.7. The summed E-state index contributed by atoms with van der Waals surface area (Å²) in [5, 5.41) is 14.0. The van der Waals surface area contributed by atoms with E-state index < -0.39 is 11.9 Å². The van der Waals surface area contributed by atoms with Crippen LogP contribution in [0.1, 0.15) is 51.9 Å². The first-order valence-electron chi connectivity index (χ1n) is 9.11. The Kier molecular flexibility index (Phi) is 4.83. The lowest BCUT2D eigenvalue weighted by Crippen LogP contribution is -2.48. The Bertz CT molecular complexity index is 496. The topological polar surface area (TPSA) is 95.5 Å². The van der Waals surface area contributed by atoms with Gasteiger partial charge in [0.25, 0.3) is 0 Å². The van der Waals surface area contributed by atoms with Crippen molar-refractivity contribution in [3.05, 3.63) is 0 Å². The zero-order valence-corrected chi connectivity index (χ0v) is 14.3. The van der Waals surface area contributed by atoms with E-state index in [2.05, 4.69) is 10.6 Å². The quantitative estimate of drug-likeness (QED) is 0.657. The van der Waals surface area contributed by atoms with E-state index in [4.69, 9.17) is 5.11 Å². The molecule has 0 spiro atoms. The fraction of sp³-hybridized carbons (Fsp3) is 0.833. The number of nitrogens with one attached hydrogen (secondary N) is 2. The van der Waals surface area contributed by atoms with Crippen LogP contribution in [-0.4, -0.2) is 36.0 Å². The van der Waals surface area contributed by atoms with Gasteiger partial charge in [-0.05, 0) is 61.7 Å². The number of hydrogen-bond acceptors (Lipinski definition) is 3. The molecule has 4 bridgehead atoms. The summed E-state index contributed by atoms with van der Waals surface area (Å²) in [5.74, 6) is 0.484. The van der Waals surface area contributed by atoms with Gasteiger partial charge in [-0.3, -0.25) is 14.4 Å². The van der Waals surface area contributed by atoms with Crippen LogP contribution in [0.2, 0.25) is 0 Å². The summed E-state index contributed by atoms with van der Waals surface area (Å²) < 4.78 is 0. The molecule has 2 amide bonds. The molecule has 4 aliphatic rings. The highest BCUT2D eigenvalue weighted by molar-refractivity contribution is 5.85. The standard InChI is InChI=1S/C18H28N2O4/c1-11(17(23)24)9-19-16(22)10-20-15(21)8-18-5-12-2-13(6-18)4-14(3-12)7-18/h11-14H,2-10H2,1H3,(H,19,22)(H,20,21)(H,23,24). The van der Waals surface area contributed by atoms with Gasteiger partial charge in [0.05, 0.1) is 12.5 Å². The zero-order valence-electron chi connectivity index (χ0n) is 14.3. The van der Waals surface area contributed by atoms with Gasteiger partial charge in [0.15, 0.2) is 0 Å². The molecule has 0 radical (unpaired) electrons. The van der Waals surface area contributed by atoms with Crippen molar-refractivity contribution in [2.45, 2.75) is 51.9 Å². The molecule has 0 aromatic heterocycles. The molecular formula is C18H28N2O4. The summed E-state index contributed by atoms with van der Waals surface area (Å²) in [6, 6.07) is 0. The molecule has 0 aromatic rings. The molecule has 0 saturated heterocycles. The van der Waals surface area contributed by atoms with E-state index >= 15 is 0 Å². The van der Waals surface area contributed by atoms with Gasteiger partial charge in [-0.15, -0.1) is 0 Å². The van der Waals surface area contributed by atoms with Crippen LogP contribution in [0.4, 0.5) is 0 Å². The smallest absolute Gasteiger partial charge is 0.308 e. The van der Waals surface area contributed by atoms with Crippen LogP contribution in [0.3, 0.4) is 0 Å². The summed E-state index contributed by atoms with van der Waals surface area (Å²) in [6.07, 6.45) is 8.12. The first-order valence-corrected chi connectivity index (χ1v) is 9.11. The fourth-order valence-corrected chi connectivity index (χ4v) is 5.51. The van der Waals surface area contributed by atoms with Crippen LogP contribution in [0, 0.1) is 29.1 Å². The minimum atomic E-state index is -0.943. The Balaban J connectivity index is 1.41. The van der Waals surface area contributed by atoms with Crippen molar-refractivity contribution in [3.8, 4) is 0 Å². The van der Waals surface area contributed by atoms with Gasteiger partial charge < -0.3 is 15.7 Å². The number of rotatable bonds is 7. The van der Waals surface area contributed by atoms with E-state index in [9.17, 15) is 14.4 Å². The molecule has 0 aliphatic heterocycles. The highest BCUT2D eigenvalue weighted by Crippen LogP contribution is 2.61. The molecule has 1 unspecified atom stereocenters. The predicted octanol–water partition coefficient (Wildman–Crippen LogP) is 1.55. The van der Waals surface area contributed by atoms with E-state index in [0.29, 0.717) is 6.42 Å². The maximum absolute atomic E-state index is 12.3. The maximum Gasteiger partial charge on any atom is 0.308 e. The van der Waals surface area contributed by atoms with E-state index in [1.807, 2.05) is 0 Å². The highest BCUT2D eigenvalue weighted by atomic mass is 16.4. The third-order valence-electron chi connectivity index (χ3n) is 6.17. The van der Waals surface area contributed by atoms with Crippen LogP contribution in [0.15, 0.2) is 0 Å². The van der Waals surface area contributed by atoms with Gasteiger partial charge in [0, 0.05) is 13.0 Å². The Morgan fingerprint density at radius 3 is 2.04 bits per heavy atom. The fourth-order valence-electron chi connectivity index (χ4n) is 5.51. The van der Waals surface area contributed by atoms with Crippen LogP contribution >= 0.6 is 0 Å². The van der Waals surface area contributed by atoms with Crippen molar-refractivity contribution < 1.29 is 19.5 Å². The third-order valence-corrected chi connectivity index (χ3v) is 6.17. The molecule has 0 aromatic carbocycles. The minimum absolute atomic E-state index is 0.0432. The molecule has 0 heterocycles. The summed E-state index contributed by atoms with van der Waals surface area (Å²) in [6.45, 7) is 1.55. The molecule has 6 heteroatoms. The minimum Gasteiger partial charge on any atom is -0.481 e. The first kappa shape index (κ1) is 17.2. The molecule has 4 rings (SSSR count). The zero-order chi connectivity index (χ0) is 17.3. The maximum atomic E-state index is 12.3. The van der Waals surface area contributed by atoms with E-state index in [0.717, 1.165) is 17.8 Å². The second-order valence-electron chi connectivity index (χ2n) is 8.41. The Morgan fingerprint density at radius 1 is 1.00 bits per heavy atom. The highest BCUT2D eigenvalue weighted by Gasteiger charge is 2.51. The second kappa shape index (κ2) is 6.73. The SMILES string of the molecule is CC(CNC(=O)CNC(=O)CC12CC3CC(CC(C3)C1)C2)C(=O)O. The van der Waals surface area contributed by atoms with Gasteiger partial charge in [0.1, 0.15) is 0 Å². The van der Waals surface area contributed by atoms with Gasteiger partial charge in [0.2, 0.25) is 11.8 Å². The van der Waals surface area contributed by atoms with Crippen LogP contribution < -0.4 is 10.6 Å². The Hall–Kier alpha value is -1.59. The second-order valence-corrected chi connectivity index (χ2v) is 8.41. The van der Waals surface area contributed by atoms with Gasteiger partial charge >= 0.3 is 5.97 Å². The normalized spacial score (nSPS) is 34.6. The van der Waals surface area contributed by atoms with E-state index in [-0.39, 0.29) is 30.3 Å². The number of carboxylic acids is 1. The monoisotopic (exact) mass is 336 g/mol. The number of carbonyl (C=O) groups is 3. The van der Waals surface area contributed by atoms with Crippen molar-refractivity contribution in [1.82, 2.24) is 10.6 Å². The third kappa shape index (κ3) is 3.90. The van der Waals surface area contributed by atoms with Crippen molar-refractivity contribution in [2.75, 3.05) is 13.1 Å². The Labute approximate surface area is 142 Å². The summed E-state index contributed by atoms with van der Waals surface area (Å²) in [7, 11) is 0. The molecule has 4 aliphatic carbocycles. The lowest BCUT2D eigenvalue weighted by atomic mass is 9.49. The van der Waals surface area contributed by atoms with E-state index in [1.165, 1.54) is 45.4 Å². The van der Waals surface area contributed by atoms with Crippen LogP contribution in [0.25, 0.3) is 0 Å². The van der Waals surface area contributed by atoms with Crippen molar-refractivity contribution in [2.24, 2.45) is 29.1 Å². The average Bonchev–Trinajstić information content (AvgIpc) is 2.48. The Morgan fingerprint density at radius 2 is 1.54 bits per heavy atom. The number of hydrogen-bond donors (Lipinski definition) is 3. The number of aliphatic carboxylic acids is 1. The number of amides is 2. The van der Waals surface area contributed by atoms with Crippen molar-refractivity contribution in [1.29, 1.82) is 0 Å². The average molecular weight is 336 g/mol. The molecule has 4 saturated carbocycles. The lowest BCUT2D eigenvalue weighted by molar-refractivity contribution is -0.141. The van der Waals surface area contributed by atoms with Crippen LogP contribution in [-0.2, 0) is 14.4 Å². The molecule has 1 atom stereocenters. The van der Waals surface area contributed by atoms with Crippen molar-refractivity contribution >= 4 is 17.8 Å². The van der Waals surface area contributed by atoms with Crippen LogP contribution in [0.5, 0.6) is 0 Å². The lowest BCUT2D eigenvalue weighted by Gasteiger charge is -2.56. The predicted molar refractivity (Wildman–Crippen MR) is 88.0 cm³/mol.